The topological polar surface area (TPSA) is 149 Å². The van der Waals surface area contributed by atoms with Crippen molar-refractivity contribution in [2.75, 3.05) is 33.8 Å². The van der Waals surface area contributed by atoms with Crippen molar-refractivity contribution in [3.8, 4) is 62.8 Å². The van der Waals surface area contributed by atoms with Crippen LogP contribution in [0.1, 0.15) is 5.82 Å². The summed E-state index contributed by atoms with van der Waals surface area (Å²) in [6.45, 7) is 0.124. The molecule has 0 fully saturated rings. The number of nitrogens with zero attached hydrogens (tertiary/aromatic N) is 5. The van der Waals surface area contributed by atoms with Crippen LogP contribution < -0.4 is 29.0 Å². The molecular weight excluding hydrogens is 628 g/mol. The molecule has 0 aliphatic rings. The summed E-state index contributed by atoms with van der Waals surface area (Å²) in [6, 6.07) is 26.2. The van der Waals surface area contributed by atoms with Crippen molar-refractivity contribution >= 4 is 22.4 Å². The van der Waals surface area contributed by atoms with Gasteiger partial charge in [-0.05, 0) is 66.7 Å². The van der Waals surface area contributed by atoms with Crippen LogP contribution in [0.4, 0.5) is 11.5 Å². The average Bonchev–Trinajstić information content (AvgIpc) is 3.85. The Morgan fingerprint density at radius 3 is 2.06 bits per heavy atom. The predicted octanol–water partition coefficient (Wildman–Crippen LogP) is 7.36. The van der Waals surface area contributed by atoms with Gasteiger partial charge in [0.1, 0.15) is 35.1 Å². The molecule has 0 atom stereocenters. The van der Waals surface area contributed by atoms with Crippen LogP contribution >= 0.6 is 0 Å². The first-order chi connectivity index (χ1) is 24.0. The third kappa shape index (κ3) is 6.63. The molecule has 13 nitrogen and oxygen atoms in total. The molecule has 3 aromatic heterocycles. The van der Waals surface area contributed by atoms with Gasteiger partial charge in [0.05, 0.1) is 34.0 Å². The summed E-state index contributed by atoms with van der Waals surface area (Å²) in [7, 11) is 6.34. The van der Waals surface area contributed by atoms with E-state index in [-0.39, 0.29) is 6.61 Å². The lowest BCUT2D eigenvalue weighted by Crippen LogP contribution is -1.98. The minimum Gasteiger partial charge on any atom is -0.497 e. The molecule has 0 saturated carbocycles. The third-order valence-corrected chi connectivity index (χ3v) is 7.67. The Bertz CT molecular complexity index is 2190. The molecule has 0 spiro atoms. The normalized spacial score (nSPS) is 10.9. The number of aromatic nitrogens is 5. The Morgan fingerprint density at radius 1 is 0.633 bits per heavy atom. The van der Waals surface area contributed by atoms with Gasteiger partial charge in [-0.25, -0.2) is 9.97 Å². The number of hydrogen-bond acceptors (Lipinski definition) is 13. The highest BCUT2D eigenvalue weighted by molar-refractivity contribution is 5.93. The van der Waals surface area contributed by atoms with E-state index in [2.05, 4.69) is 30.6 Å². The number of methoxy groups -OCH3 is 4. The van der Waals surface area contributed by atoms with Crippen molar-refractivity contribution in [1.29, 1.82) is 0 Å². The molecule has 13 heteroatoms. The van der Waals surface area contributed by atoms with E-state index >= 15 is 0 Å². The van der Waals surface area contributed by atoms with Gasteiger partial charge in [0.2, 0.25) is 5.82 Å². The molecule has 1 N–H and O–H groups in total. The molecule has 246 valence electrons. The SMILES string of the molecule is COc1cc(OC)cc(-c2nc(COc3ccc(-c4cc(-c5ccc(Nc6ncnc7cc(OC)c(OC)cc67)cc5)on4)cc3)no2)c1. The van der Waals surface area contributed by atoms with E-state index in [1.807, 2.05) is 66.7 Å². The second-order valence-electron chi connectivity index (χ2n) is 10.7. The quantitative estimate of drug-likeness (QED) is 0.139. The third-order valence-electron chi connectivity index (χ3n) is 7.67. The fraction of sp³-hybridized carbons (Fsp3) is 0.139. The molecule has 0 aliphatic carbocycles. The molecule has 7 aromatic rings. The molecule has 0 aliphatic heterocycles. The number of benzene rings is 4. The Morgan fingerprint density at radius 2 is 1.35 bits per heavy atom. The second-order valence-corrected chi connectivity index (χ2v) is 10.7. The zero-order chi connectivity index (χ0) is 33.7. The van der Waals surface area contributed by atoms with Gasteiger partial charge in [-0.15, -0.1) is 0 Å². The van der Waals surface area contributed by atoms with Gasteiger partial charge in [-0.3, -0.25) is 0 Å². The Hall–Kier alpha value is -6.63. The van der Waals surface area contributed by atoms with Crippen molar-refractivity contribution in [2.24, 2.45) is 0 Å². The minimum atomic E-state index is 0.124. The molecule has 0 bridgehead atoms. The number of anilines is 2. The molecular formula is C36H30N6O7. The van der Waals surface area contributed by atoms with Gasteiger partial charge in [0.15, 0.2) is 23.9 Å². The summed E-state index contributed by atoms with van der Waals surface area (Å²) in [5.41, 5.74) is 4.68. The van der Waals surface area contributed by atoms with Crippen LogP contribution in [0.5, 0.6) is 28.7 Å². The number of nitrogens with one attached hydrogen (secondary N) is 1. The first-order valence-corrected chi connectivity index (χ1v) is 15.0. The summed E-state index contributed by atoms with van der Waals surface area (Å²) < 4.78 is 38.5. The van der Waals surface area contributed by atoms with Crippen molar-refractivity contribution in [2.45, 2.75) is 6.61 Å². The average molecular weight is 659 g/mol. The maximum atomic E-state index is 5.89. The van der Waals surface area contributed by atoms with Crippen LogP contribution in [0.3, 0.4) is 0 Å². The zero-order valence-electron chi connectivity index (χ0n) is 27.0. The summed E-state index contributed by atoms with van der Waals surface area (Å²) in [5.74, 6) is 5.07. The number of ether oxygens (including phenoxy) is 5. The lowest BCUT2D eigenvalue weighted by molar-refractivity contribution is 0.287. The van der Waals surface area contributed by atoms with Crippen molar-refractivity contribution in [1.82, 2.24) is 25.3 Å². The number of rotatable bonds is 12. The second kappa shape index (κ2) is 13.6. The highest BCUT2D eigenvalue weighted by Gasteiger charge is 2.15. The number of hydrogen-bond donors (Lipinski definition) is 1. The van der Waals surface area contributed by atoms with E-state index in [4.69, 9.17) is 32.7 Å². The molecule has 0 radical (unpaired) electrons. The van der Waals surface area contributed by atoms with Crippen LogP contribution in [-0.4, -0.2) is 53.7 Å². The first-order valence-electron chi connectivity index (χ1n) is 15.0. The fourth-order valence-electron chi connectivity index (χ4n) is 5.12. The highest BCUT2D eigenvalue weighted by atomic mass is 16.5. The molecule has 4 aromatic carbocycles. The minimum absolute atomic E-state index is 0.124. The lowest BCUT2D eigenvalue weighted by atomic mass is 10.1. The Balaban J connectivity index is 0.988. The maximum absolute atomic E-state index is 5.89. The van der Waals surface area contributed by atoms with E-state index in [1.165, 1.54) is 6.33 Å². The van der Waals surface area contributed by atoms with Gasteiger partial charge in [-0.1, -0.05) is 10.3 Å². The van der Waals surface area contributed by atoms with Crippen LogP contribution in [-0.2, 0) is 6.61 Å². The first kappa shape index (κ1) is 31.0. The fourth-order valence-corrected chi connectivity index (χ4v) is 5.12. The molecule has 0 amide bonds. The lowest BCUT2D eigenvalue weighted by Gasteiger charge is -2.12. The number of fused-ring (bicyclic) bond motifs is 1. The summed E-state index contributed by atoms with van der Waals surface area (Å²) >= 11 is 0. The van der Waals surface area contributed by atoms with Crippen LogP contribution in [0.25, 0.3) is 44.9 Å². The van der Waals surface area contributed by atoms with Gasteiger partial charge >= 0.3 is 0 Å². The van der Waals surface area contributed by atoms with Gasteiger partial charge < -0.3 is 38.0 Å². The zero-order valence-corrected chi connectivity index (χ0v) is 27.0. The summed E-state index contributed by atoms with van der Waals surface area (Å²) in [5, 5.41) is 12.5. The van der Waals surface area contributed by atoms with E-state index in [0.717, 1.165) is 27.7 Å². The maximum Gasteiger partial charge on any atom is 0.258 e. The predicted molar refractivity (Wildman–Crippen MR) is 180 cm³/mol. The van der Waals surface area contributed by atoms with E-state index in [9.17, 15) is 0 Å². The van der Waals surface area contributed by atoms with Gasteiger partial charge in [0, 0.05) is 46.0 Å². The molecule has 7 rings (SSSR count). The van der Waals surface area contributed by atoms with Crippen molar-refractivity contribution < 1.29 is 32.7 Å². The largest absolute Gasteiger partial charge is 0.497 e. The van der Waals surface area contributed by atoms with Crippen molar-refractivity contribution in [3.63, 3.8) is 0 Å². The molecule has 0 saturated heterocycles. The van der Waals surface area contributed by atoms with Crippen molar-refractivity contribution in [3.05, 3.63) is 97.1 Å². The van der Waals surface area contributed by atoms with E-state index in [1.54, 1.807) is 46.6 Å². The molecule has 3 heterocycles. The highest BCUT2D eigenvalue weighted by Crippen LogP contribution is 2.35. The molecule has 0 unspecified atom stereocenters. The summed E-state index contributed by atoms with van der Waals surface area (Å²) in [6.07, 6.45) is 1.51. The Kier molecular flexibility index (Phi) is 8.61. The van der Waals surface area contributed by atoms with Gasteiger partial charge in [-0.2, -0.15) is 4.98 Å². The standard InChI is InChI=1S/C36H30N6O7/c1-43-26-13-23(14-27(15-26)44-2)36-40-34(42-49-36)19-47-25-11-7-21(8-12-25)29-17-31(48-41-29)22-5-9-24(10-6-22)39-35-28-16-32(45-3)33(46-4)18-30(28)37-20-38-35/h5-18,20H,19H2,1-4H3,(H,37,38,39). The monoisotopic (exact) mass is 658 g/mol. The Labute approximate surface area is 280 Å². The smallest absolute Gasteiger partial charge is 0.258 e. The van der Waals surface area contributed by atoms with E-state index < -0.39 is 0 Å². The summed E-state index contributed by atoms with van der Waals surface area (Å²) in [4.78, 5) is 13.2. The van der Waals surface area contributed by atoms with Crippen LogP contribution in [0.15, 0.2) is 100 Å². The van der Waals surface area contributed by atoms with Gasteiger partial charge in [0.25, 0.3) is 5.89 Å². The van der Waals surface area contributed by atoms with Crippen LogP contribution in [0, 0.1) is 0 Å². The van der Waals surface area contributed by atoms with Crippen LogP contribution in [0.2, 0.25) is 0 Å². The van der Waals surface area contributed by atoms with E-state index in [0.29, 0.717) is 63.3 Å². The molecule has 49 heavy (non-hydrogen) atoms.